The molecule has 0 aliphatic carbocycles. The molecule has 3 N–H and O–H groups in total. The van der Waals surface area contributed by atoms with Crippen molar-refractivity contribution in [2.45, 2.75) is 13.2 Å². The third kappa shape index (κ3) is 5.39. The Balaban J connectivity index is 1.33. The molecule has 0 bridgehead atoms. The summed E-state index contributed by atoms with van der Waals surface area (Å²) in [5, 5.41) is 11.6. The van der Waals surface area contributed by atoms with Crippen LogP contribution in [0.25, 0.3) is 16.9 Å². The summed E-state index contributed by atoms with van der Waals surface area (Å²) in [6.45, 7) is -0.00211. The molecular formula is C26H26ClF2N9O3. The summed E-state index contributed by atoms with van der Waals surface area (Å²) < 4.78 is 33.9. The fourth-order valence-electron chi connectivity index (χ4n) is 5.58. The number of halogens is 3. The van der Waals surface area contributed by atoms with E-state index in [1.165, 1.54) is 45.9 Å². The molecule has 2 aliphatic heterocycles. The van der Waals surface area contributed by atoms with Gasteiger partial charge in [-0.05, 0) is 43.1 Å². The lowest BCUT2D eigenvalue weighted by atomic mass is 10.0. The van der Waals surface area contributed by atoms with Crippen molar-refractivity contribution in [2.75, 3.05) is 44.3 Å². The lowest BCUT2D eigenvalue weighted by Gasteiger charge is -2.19. The number of aromatic nitrogens is 5. The number of hydrogen-bond acceptors (Lipinski definition) is 8. The molecule has 0 unspecified atom stereocenters. The van der Waals surface area contributed by atoms with Gasteiger partial charge in [0.1, 0.15) is 29.4 Å². The average molecular weight is 586 g/mol. The van der Waals surface area contributed by atoms with Gasteiger partial charge >= 0.3 is 6.61 Å². The van der Waals surface area contributed by atoms with Crippen LogP contribution in [0.4, 0.5) is 20.3 Å². The van der Waals surface area contributed by atoms with E-state index in [0.717, 1.165) is 13.1 Å². The summed E-state index contributed by atoms with van der Waals surface area (Å²) in [6.07, 6.45) is 4.36. The number of fused-ring (bicyclic) bond motifs is 2. The molecule has 2 amide bonds. The SMILES string of the molecule is CN1C[C@@H]2CN(C(=O)Cn3cc(NC(=O)c4cnn5ccc(N)nc45)c(-c4cc(Cl)ccc4OC(F)F)n3)C[C@@H]2C1. The number of nitrogen functional groups attached to an aromatic ring is 1. The molecule has 5 heterocycles. The average Bonchev–Trinajstić information content (AvgIpc) is 3.67. The van der Waals surface area contributed by atoms with Crippen molar-refractivity contribution >= 4 is 40.6 Å². The van der Waals surface area contributed by atoms with E-state index < -0.39 is 12.5 Å². The number of nitrogens with zero attached hydrogens (tertiary/aromatic N) is 7. The number of carbonyl (C=O) groups is 2. The van der Waals surface area contributed by atoms with Crippen LogP contribution < -0.4 is 15.8 Å². The number of ether oxygens (including phenoxy) is 1. The Kier molecular flexibility index (Phi) is 6.95. The Labute approximate surface area is 237 Å². The number of likely N-dealkylation sites (tertiary alicyclic amines) is 2. The van der Waals surface area contributed by atoms with Crippen LogP contribution in [0.3, 0.4) is 0 Å². The lowest BCUT2D eigenvalue weighted by molar-refractivity contribution is -0.131. The molecule has 2 fully saturated rings. The van der Waals surface area contributed by atoms with Gasteiger partial charge in [0.15, 0.2) is 5.65 Å². The predicted octanol–water partition coefficient (Wildman–Crippen LogP) is 2.70. The van der Waals surface area contributed by atoms with E-state index in [0.29, 0.717) is 24.9 Å². The highest BCUT2D eigenvalue weighted by atomic mass is 35.5. The molecular weight excluding hydrogens is 560 g/mol. The number of rotatable bonds is 7. The Hall–Kier alpha value is -4.30. The lowest BCUT2D eigenvalue weighted by Crippen LogP contribution is -2.34. The van der Waals surface area contributed by atoms with Gasteiger partial charge in [-0.3, -0.25) is 14.3 Å². The highest BCUT2D eigenvalue weighted by Crippen LogP contribution is 2.37. The van der Waals surface area contributed by atoms with Gasteiger partial charge in [-0.15, -0.1) is 0 Å². The number of nitrogens with one attached hydrogen (secondary N) is 1. The zero-order valence-corrected chi connectivity index (χ0v) is 22.6. The van der Waals surface area contributed by atoms with Crippen LogP contribution in [0.2, 0.25) is 5.02 Å². The van der Waals surface area contributed by atoms with Gasteiger partial charge < -0.3 is 25.6 Å². The number of alkyl halides is 2. The normalized spacial score (nSPS) is 18.8. The van der Waals surface area contributed by atoms with Gasteiger partial charge in [0.2, 0.25) is 5.91 Å². The Morgan fingerprint density at radius 3 is 2.68 bits per heavy atom. The zero-order valence-electron chi connectivity index (χ0n) is 21.9. The molecule has 12 nitrogen and oxygen atoms in total. The topological polar surface area (TPSA) is 136 Å². The summed E-state index contributed by atoms with van der Waals surface area (Å²) in [6, 6.07) is 5.63. The van der Waals surface area contributed by atoms with Gasteiger partial charge in [0.25, 0.3) is 5.91 Å². The second kappa shape index (κ2) is 10.6. The van der Waals surface area contributed by atoms with Crippen molar-refractivity contribution in [1.29, 1.82) is 0 Å². The van der Waals surface area contributed by atoms with E-state index >= 15 is 0 Å². The summed E-state index contributed by atoms with van der Waals surface area (Å²) in [4.78, 5) is 34.8. The van der Waals surface area contributed by atoms with Crippen LogP contribution in [-0.4, -0.2) is 85.8 Å². The molecule has 4 aromatic rings. The molecule has 2 saturated heterocycles. The largest absolute Gasteiger partial charge is 0.434 e. The second-order valence-electron chi connectivity index (χ2n) is 10.3. The van der Waals surface area contributed by atoms with Crippen LogP contribution in [0.15, 0.2) is 42.9 Å². The fraction of sp³-hybridized carbons (Fsp3) is 0.346. The molecule has 2 aliphatic rings. The Bertz CT molecular complexity index is 1630. The van der Waals surface area contributed by atoms with E-state index in [1.807, 2.05) is 4.90 Å². The maximum Gasteiger partial charge on any atom is 0.387 e. The minimum atomic E-state index is -3.11. The van der Waals surface area contributed by atoms with Crippen LogP contribution in [0, 0.1) is 11.8 Å². The highest BCUT2D eigenvalue weighted by molar-refractivity contribution is 6.31. The van der Waals surface area contributed by atoms with Crippen LogP contribution in [-0.2, 0) is 11.3 Å². The molecule has 2 atom stereocenters. The van der Waals surface area contributed by atoms with Gasteiger partial charge in [0, 0.05) is 49.2 Å². The summed E-state index contributed by atoms with van der Waals surface area (Å²) in [5.41, 5.74) is 6.48. The Morgan fingerprint density at radius 1 is 1.20 bits per heavy atom. The van der Waals surface area contributed by atoms with Gasteiger partial charge in [0.05, 0.1) is 11.9 Å². The number of nitrogens with two attached hydrogens (primary N) is 1. The number of hydrogen-bond donors (Lipinski definition) is 2. The van der Waals surface area contributed by atoms with Crippen LogP contribution in [0.5, 0.6) is 5.75 Å². The molecule has 15 heteroatoms. The van der Waals surface area contributed by atoms with Crippen LogP contribution in [0.1, 0.15) is 10.4 Å². The summed E-state index contributed by atoms with van der Waals surface area (Å²) >= 11 is 6.20. The van der Waals surface area contributed by atoms with E-state index in [2.05, 4.69) is 32.4 Å². The maximum atomic E-state index is 13.4. The first kappa shape index (κ1) is 26.9. The molecule has 3 aromatic heterocycles. The standard InChI is InChI=1S/C26H26ClF2N9O3/c1-35-8-14-10-36(11-15(14)9-35)22(39)13-37-12-19(23(34-37)17-6-16(27)2-3-20(17)41-26(28)29)32-25(40)18-7-31-38-5-4-21(30)33-24(18)38/h2-7,12,14-15,26H,8-11,13H2,1H3,(H2,30,33)(H,32,40)/t14-,15+. The summed E-state index contributed by atoms with van der Waals surface area (Å²) in [7, 11) is 2.07. The van der Waals surface area contributed by atoms with Gasteiger partial charge in [-0.1, -0.05) is 11.6 Å². The smallest absolute Gasteiger partial charge is 0.387 e. The first-order valence-electron chi connectivity index (χ1n) is 12.8. The van der Waals surface area contributed by atoms with E-state index in [4.69, 9.17) is 22.1 Å². The quantitative estimate of drug-likeness (QED) is 0.338. The highest BCUT2D eigenvalue weighted by Gasteiger charge is 2.40. The number of amides is 2. The van der Waals surface area contributed by atoms with E-state index in [-0.39, 0.29) is 57.2 Å². The molecule has 0 radical (unpaired) electrons. The molecule has 0 saturated carbocycles. The van der Waals surface area contributed by atoms with Crippen LogP contribution >= 0.6 is 11.6 Å². The van der Waals surface area contributed by atoms with Gasteiger partial charge in [-0.2, -0.15) is 19.0 Å². The van der Waals surface area contributed by atoms with Crippen molar-refractivity contribution in [1.82, 2.24) is 34.2 Å². The molecule has 0 spiro atoms. The van der Waals surface area contributed by atoms with E-state index in [9.17, 15) is 18.4 Å². The van der Waals surface area contributed by atoms with Crippen molar-refractivity contribution in [3.05, 3.63) is 53.4 Å². The minimum absolute atomic E-state index is 0.0909. The maximum absolute atomic E-state index is 13.4. The molecule has 6 rings (SSSR count). The fourth-order valence-corrected chi connectivity index (χ4v) is 5.75. The number of carbonyl (C=O) groups excluding carboxylic acids is 2. The summed E-state index contributed by atoms with van der Waals surface area (Å²) in [5.74, 6) is 0.136. The second-order valence-corrected chi connectivity index (χ2v) is 10.7. The third-order valence-electron chi connectivity index (χ3n) is 7.38. The van der Waals surface area contributed by atoms with E-state index in [1.54, 1.807) is 6.20 Å². The minimum Gasteiger partial charge on any atom is -0.434 e. The predicted molar refractivity (Wildman–Crippen MR) is 146 cm³/mol. The first-order chi connectivity index (χ1) is 19.6. The van der Waals surface area contributed by atoms with Gasteiger partial charge in [-0.25, -0.2) is 9.50 Å². The molecule has 214 valence electrons. The van der Waals surface area contributed by atoms with Crippen molar-refractivity contribution in [2.24, 2.45) is 11.8 Å². The number of anilines is 2. The Morgan fingerprint density at radius 2 is 1.95 bits per heavy atom. The first-order valence-corrected chi connectivity index (χ1v) is 13.2. The van der Waals surface area contributed by atoms with Crippen molar-refractivity contribution in [3.8, 4) is 17.0 Å². The third-order valence-corrected chi connectivity index (χ3v) is 7.61. The monoisotopic (exact) mass is 585 g/mol. The van der Waals surface area contributed by atoms with Crippen molar-refractivity contribution in [3.63, 3.8) is 0 Å². The van der Waals surface area contributed by atoms with Crippen molar-refractivity contribution < 1.29 is 23.1 Å². The molecule has 1 aromatic carbocycles. The zero-order chi connectivity index (χ0) is 28.8. The molecule has 41 heavy (non-hydrogen) atoms. The number of benzene rings is 1.